The fraction of sp³-hybridized carbons (Fsp3) is 0.435. The molecule has 1 aliphatic carbocycles. The summed E-state index contributed by atoms with van der Waals surface area (Å²) >= 11 is 0. The molecule has 0 bridgehead atoms. The molecular formula is C23H25N3O5. The van der Waals surface area contributed by atoms with Crippen LogP contribution in [0.25, 0.3) is 0 Å². The summed E-state index contributed by atoms with van der Waals surface area (Å²) in [5.74, 6) is 0.567. The van der Waals surface area contributed by atoms with Gasteiger partial charge in [0, 0.05) is 18.3 Å². The minimum absolute atomic E-state index is 0.0153. The monoisotopic (exact) mass is 423 g/mol. The number of hydrogen-bond donors (Lipinski definition) is 1. The lowest BCUT2D eigenvalue weighted by Crippen LogP contribution is -2.45. The van der Waals surface area contributed by atoms with Gasteiger partial charge < -0.3 is 19.7 Å². The first-order chi connectivity index (χ1) is 15.1. The van der Waals surface area contributed by atoms with Crippen molar-refractivity contribution in [3.8, 4) is 11.5 Å². The number of nitrogens with one attached hydrogen (secondary N) is 1. The molecule has 2 aliphatic heterocycles. The molecule has 0 unspecified atom stereocenters. The van der Waals surface area contributed by atoms with Gasteiger partial charge in [0.15, 0.2) is 11.5 Å². The van der Waals surface area contributed by atoms with Crippen molar-refractivity contribution in [1.82, 2.24) is 5.32 Å². The summed E-state index contributed by atoms with van der Waals surface area (Å²) in [5.41, 5.74) is 2.29. The van der Waals surface area contributed by atoms with Gasteiger partial charge in [0.1, 0.15) is 6.04 Å². The summed E-state index contributed by atoms with van der Waals surface area (Å²) < 4.78 is 10.8. The van der Waals surface area contributed by atoms with Crippen LogP contribution in [-0.2, 0) is 11.2 Å². The molecule has 2 heterocycles. The number of carbonyl (C=O) groups is 1. The number of nitro groups is 1. The van der Waals surface area contributed by atoms with E-state index >= 15 is 0 Å². The number of nitro benzene ring substituents is 1. The van der Waals surface area contributed by atoms with Crippen molar-refractivity contribution < 1.29 is 19.2 Å². The Hall–Kier alpha value is -3.29. The minimum Gasteiger partial charge on any atom is -0.454 e. The molecule has 0 radical (unpaired) electrons. The Labute approximate surface area is 180 Å². The van der Waals surface area contributed by atoms with Crippen LogP contribution in [-0.4, -0.2) is 30.2 Å². The second kappa shape index (κ2) is 8.09. The first-order valence-corrected chi connectivity index (χ1v) is 10.8. The molecule has 31 heavy (non-hydrogen) atoms. The van der Waals surface area contributed by atoms with Gasteiger partial charge in [0.05, 0.1) is 16.6 Å². The zero-order valence-electron chi connectivity index (χ0n) is 17.2. The zero-order valence-corrected chi connectivity index (χ0v) is 17.2. The maximum atomic E-state index is 13.6. The Balaban J connectivity index is 1.58. The normalized spacial score (nSPS) is 18.5. The predicted octanol–water partition coefficient (Wildman–Crippen LogP) is 3.88. The smallest absolute Gasteiger partial charge is 0.279 e. The molecular weight excluding hydrogens is 398 g/mol. The van der Waals surface area contributed by atoms with E-state index in [9.17, 15) is 14.9 Å². The van der Waals surface area contributed by atoms with Crippen LogP contribution in [0.1, 0.15) is 49.3 Å². The summed E-state index contributed by atoms with van der Waals surface area (Å²) in [7, 11) is 0. The Bertz CT molecular complexity index is 1020. The lowest BCUT2D eigenvalue weighted by Gasteiger charge is -2.32. The molecule has 8 nitrogen and oxygen atoms in total. The largest absolute Gasteiger partial charge is 0.454 e. The molecule has 5 rings (SSSR count). The summed E-state index contributed by atoms with van der Waals surface area (Å²) in [6.07, 6.45) is 6.04. The molecule has 1 amide bonds. The minimum atomic E-state index is -0.819. The van der Waals surface area contributed by atoms with Crippen LogP contribution in [0, 0.1) is 10.1 Å². The number of fused-ring (bicyclic) bond motifs is 2. The van der Waals surface area contributed by atoms with Gasteiger partial charge in [-0.05, 0) is 37.0 Å². The highest BCUT2D eigenvalue weighted by atomic mass is 16.7. The van der Waals surface area contributed by atoms with E-state index in [1.807, 2.05) is 29.2 Å². The molecule has 0 saturated heterocycles. The van der Waals surface area contributed by atoms with Crippen molar-refractivity contribution in [3.05, 3.63) is 57.6 Å². The molecule has 1 atom stereocenters. The highest BCUT2D eigenvalue weighted by Gasteiger charge is 2.39. The third-order valence-electron chi connectivity index (χ3n) is 6.45. The standard InChI is InChI=1S/C23H25N3O5/c27-23(24-16-7-2-1-3-8-16)22(25-11-10-15-6-4-5-9-18(15)25)17-12-20-21(31-14-30-20)13-19(17)26(28)29/h4-6,9,12-13,16,22H,1-3,7-8,10-11,14H2,(H,24,27)/t22-/m1/s1. The molecule has 0 aromatic heterocycles. The van der Waals surface area contributed by atoms with Crippen LogP contribution < -0.4 is 19.7 Å². The van der Waals surface area contributed by atoms with Crippen molar-refractivity contribution in [3.63, 3.8) is 0 Å². The van der Waals surface area contributed by atoms with Gasteiger partial charge in [-0.3, -0.25) is 14.9 Å². The number of para-hydroxylation sites is 1. The lowest BCUT2D eigenvalue weighted by atomic mass is 9.94. The van der Waals surface area contributed by atoms with Gasteiger partial charge in [0.2, 0.25) is 12.7 Å². The van der Waals surface area contributed by atoms with Crippen molar-refractivity contribution in [1.29, 1.82) is 0 Å². The van der Waals surface area contributed by atoms with Gasteiger partial charge in [-0.25, -0.2) is 0 Å². The van der Waals surface area contributed by atoms with Gasteiger partial charge in [-0.1, -0.05) is 37.5 Å². The number of nitrogens with zero attached hydrogens (tertiary/aromatic N) is 2. The number of carbonyl (C=O) groups excluding carboxylic acids is 1. The molecule has 2 aromatic rings. The van der Waals surface area contributed by atoms with E-state index in [2.05, 4.69) is 5.32 Å². The summed E-state index contributed by atoms with van der Waals surface area (Å²) in [4.78, 5) is 27.1. The topological polar surface area (TPSA) is 93.9 Å². The Morgan fingerprint density at radius 1 is 1.13 bits per heavy atom. The second-order valence-electron chi connectivity index (χ2n) is 8.34. The zero-order chi connectivity index (χ0) is 21.4. The fourth-order valence-corrected chi connectivity index (χ4v) is 4.93. The third kappa shape index (κ3) is 3.66. The van der Waals surface area contributed by atoms with E-state index in [0.717, 1.165) is 43.4 Å². The van der Waals surface area contributed by atoms with Crippen LogP contribution in [0.3, 0.4) is 0 Å². The van der Waals surface area contributed by atoms with E-state index < -0.39 is 11.0 Å². The number of benzene rings is 2. The highest BCUT2D eigenvalue weighted by molar-refractivity contribution is 5.89. The molecule has 3 aliphatic rings. The van der Waals surface area contributed by atoms with Crippen molar-refractivity contribution in [2.24, 2.45) is 0 Å². The molecule has 162 valence electrons. The SMILES string of the molecule is O=C(NC1CCCCC1)[C@@H](c1cc2c(cc1[N+](=O)[O-])OCO2)N1CCc2ccccc21. The van der Waals surface area contributed by atoms with Crippen molar-refractivity contribution in [2.75, 3.05) is 18.2 Å². The average molecular weight is 423 g/mol. The van der Waals surface area contributed by atoms with Crippen LogP contribution in [0.15, 0.2) is 36.4 Å². The van der Waals surface area contributed by atoms with Crippen LogP contribution in [0.4, 0.5) is 11.4 Å². The Morgan fingerprint density at radius 2 is 1.87 bits per heavy atom. The third-order valence-corrected chi connectivity index (χ3v) is 6.45. The molecule has 8 heteroatoms. The van der Waals surface area contributed by atoms with Crippen LogP contribution in [0.2, 0.25) is 0 Å². The number of rotatable bonds is 5. The number of anilines is 1. The van der Waals surface area contributed by atoms with Crippen molar-refractivity contribution >= 4 is 17.3 Å². The van der Waals surface area contributed by atoms with Gasteiger partial charge in [0.25, 0.3) is 5.69 Å². The van der Waals surface area contributed by atoms with E-state index in [0.29, 0.717) is 23.6 Å². The van der Waals surface area contributed by atoms with Crippen LogP contribution >= 0.6 is 0 Å². The Kier molecular flexibility index (Phi) is 5.13. The maximum Gasteiger partial charge on any atom is 0.279 e. The average Bonchev–Trinajstić information content (AvgIpc) is 3.41. The summed E-state index contributed by atoms with van der Waals surface area (Å²) in [6, 6.07) is 10.2. The summed E-state index contributed by atoms with van der Waals surface area (Å²) in [5, 5.41) is 15.1. The second-order valence-corrected chi connectivity index (χ2v) is 8.34. The first kappa shape index (κ1) is 19.7. The molecule has 1 N–H and O–H groups in total. The van der Waals surface area contributed by atoms with E-state index in [1.165, 1.54) is 12.5 Å². The van der Waals surface area contributed by atoms with Crippen LogP contribution in [0.5, 0.6) is 11.5 Å². The number of ether oxygens (including phenoxy) is 2. The number of amides is 1. The van der Waals surface area contributed by atoms with Gasteiger partial charge >= 0.3 is 0 Å². The summed E-state index contributed by atoms with van der Waals surface area (Å²) in [6.45, 7) is 0.634. The lowest BCUT2D eigenvalue weighted by molar-refractivity contribution is -0.385. The molecule has 2 aromatic carbocycles. The molecule has 0 spiro atoms. The number of hydrogen-bond acceptors (Lipinski definition) is 6. The van der Waals surface area contributed by atoms with Gasteiger partial charge in [-0.15, -0.1) is 0 Å². The van der Waals surface area contributed by atoms with Gasteiger partial charge in [-0.2, -0.15) is 0 Å². The predicted molar refractivity (Wildman–Crippen MR) is 114 cm³/mol. The molecule has 1 fully saturated rings. The van der Waals surface area contributed by atoms with Crippen molar-refractivity contribution in [2.45, 2.75) is 50.6 Å². The fourth-order valence-electron chi connectivity index (χ4n) is 4.93. The maximum absolute atomic E-state index is 13.6. The van der Waals surface area contributed by atoms with E-state index in [1.54, 1.807) is 6.07 Å². The van der Waals surface area contributed by atoms with E-state index in [4.69, 9.17) is 9.47 Å². The molecule has 1 saturated carbocycles. The Morgan fingerprint density at radius 3 is 2.65 bits per heavy atom. The highest BCUT2D eigenvalue weighted by Crippen LogP contribution is 2.44. The quantitative estimate of drug-likeness (QED) is 0.579. The first-order valence-electron chi connectivity index (χ1n) is 10.8. The van der Waals surface area contributed by atoms with E-state index in [-0.39, 0.29) is 24.4 Å².